The van der Waals surface area contributed by atoms with Gasteiger partial charge in [-0.25, -0.2) is 14.8 Å². The number of nitrogens with one attached hydrogen (secondary N) is 1. The number of hydrogen-bond donors (Lipinski definition) is 1. The lowest BCUT2D eigenvalue weighted by molar-refractivity contribution is 0.0512. The van der Waals surface area contributed by atoms with Gasteiger partial charge >= 0.3 is 5.97 Å². The number of ether oxygens (including phenoxy) is 2. The first-order valence-electron chi connectivity index (χ1n) is 7.67. The molecule has 0 fully saturated rings. The standard InChI is InChI=1S/C18H16ClN3O3/c1-3-25-18(23)17-20-14-7-5-4-6-12(14)16(22-17)21-15-9-8-11(24-2)10-13(15)19/h4-10H,3H2,1-2H3,(H,20,21,22). The minimum Gasteiger partial charge on any atom is -0.497 e. The second-order valence-electron chi connectivity index (χ2n) is 5.10. The van der Waals surface area contributed by atoms with Gasteiger partial charge < -0.3 is 14.8 Å². The highest BCUT2D eigenvalue weighted by atomic mass is 35.5. The van der Waals surface area contributed by atoms with Crippen molar-refractivity contribution in [2.75, 3.05) is 19.0 Å². The van der Waals surface area contributed by atoms with E-state index in [0.29, 0.717) is 27.8 Å². The van der Waals surface area contributed by atoms with Crippen LogP contribution in [0.1, 0.15) is 17.5 Å². The number of aromatic nitrogens is 2. The van der Waals surface area contributed by atoms with E-state index in [9.17, 15) is 4.79 Å². The zero-order chi connectivity index (χ0) is 17.8. The summed E-state index contributed by atoms with van der Waals surface area (Å²) in [7, 11) is 1.57. The van der Waals surface area contributed by atoms with E-state index in [2.05, 4.69) is 15.3 Å². The molecule has 3 aromatic rings. The van der Waals surface area contributed by atoms with E-state index < -0.39 is 5.97 Å². The summed E-state index contributed by atoms with van der Waals surface area (Å²) in [6, 6.07) is 12.6. The van der Waals surface area contributed by atoms with Gasteiger partial charge in [-0.15, -0.1) is 0 Å². The molecule has 0 atom stereocenters. The van der Waals surface area contributed by atoms with Gasteiger partial charge in [-0.2, -0.15) is 0 Å². The average molecular weight is 358 g/mol. The molecule has 1 heterocycles. The second kappa shape index (κ2) is 7.36. The first-order chi connectivity index (χ1) is 12.1. The van der Waals surface area contributed by atoms with Crippen molar-refractivity contribution in [2.24, 2.45) is 0 Å². The summed E-state index contributed by atoms with van der Waals surface area (Å²) >= 11 is 6.28. The van der Waals surface area contributed by atoms with Crippen LogP contribution in [0, 0.1) is 0 Å². The number of anilines is 2. The van der Waals surface area contributed by atoms with Gasteiger partial charge in [-0.3, -0.25) is 0 Å². The number of hydrogen-bond acceptors (Lipinski definition) is 6. The van der Waals surface area contributed by atoms with Gasteiger partial charge in [0.05, 0.1) is 29.9 Å². The number of nitrogens with zero attached hydrogens (tertiary/aromatic N) is 2. The Balaban J connectivity index is 2.06. The summed E-state index contributed by atoms with van der Waals surface area (Å²) in [6.45, 7) is 1.98. The molecule has 0 radical (unpaired) electrons. The molecule has 6 nitrogen and oxygen atoms in total. The summed E-state index contributed by atoms with van der Waals surface area (Å²) in [5.41, 5.74) is 1.27. The van der Waals surface area contributed by atoms with Crippen molar-refractivity contribution in [3.63, 3.8) is 0 Å². The third kappa shape index (κ3) is 3.64. The number of esters is 1. The first-order valence-corrected chi connectivity index (χ1v) is 8.04. The Morgan fingerprint density at radius 3 is 2.72 bits per heavy atom. The number of carbonyl (C=O) groups is 1. The average Bonchev–Trinajstić information content (AvgIpc) is 2.63. The highest BCUT2D eigenvalue weighted by Gasteiger charge is 2.15. The molecule has 0 aliphatic carbocycles. The number of fused-ring (bicyclic) bond motifs is 1. The lowest BCUT2D eigenvalue weighted by Crippen LogP contribution is -2.11. The SMILES string of the molecule is CCOC(=O)c1nc(Nc2ccc(OC)cc2Cl)c2ccccc2n1. The highest BCUT2D eigenvalue weighted by molar-refractivity contribution is 6.33. The number of carbonyl (C=O) groups excluding carboxylic acids is 1. The van der Waals surface area contributed by atoms with Gasteiger partial charge in [0.1, 0.15) is 11.6 Å². The van der Waals surface area contributed by atoms with E-state index in [0.717, 1.165) is 5.39 Å². The Morgan fingerprint density at radius 1 is 1.20 bits per heavy atom. The van der Waals surface area contributed by atoms with Crippen LogP contribution in [0.2, 0.25) is 5.02 Å². The fourth-order valence-corrected chi connectivity index (χ4v) is 2.53. The predicted octanol–water partition coefficient (Wildman–Crippen LogP) is 4.21. The first kappa shape index (κ1) is 17.0. The zero-order valence-electron chi connectivity index (χ0n) is 13.7. The summed E-state index contributed by atoms with van der Waals surface area (Å²) in [4.78, 5) is 20.6. The number of benzene rings is 2. The van der Waals surface area contributed by atoms with Crippen molar-refractivity contribution in [1.82, 2.24) is 9.97 Å². The maximum atomic E-state index is 12.0. The molecule has 0 bridgehead atoms. The van der Waals surface area contributed by atoms with Gasteiger partial charge in [0.2, 0.25) is 5.82 Å². The van der Waals surface area contributed by atoms with Crippen LogP contribution >= 0.6 is 11.6 Å². The fraction of sp³-hybridized carbons (Fsp3) is 0.167. The van der Waals surface area contributed by atoms with Gasteiger partial charge in [0.25, 0.3) is 0 Å². The van der Waals surface area contributed by atoms with E-state index in [1.54, 1.807) is 38.3 Å². The maximum absolute atomic E-state index is 12.0. The van der Waals surface area contributed by atoms with Crippen LogP contribution in [-0.4, -0.2) is 29.7 Å². The van der Waals surface area contributed by atoms with Crippen molar-refractivity contribution in [1.29, 1.82) is 0 Å². The molecule has 1 N–H and O–H groups in total. The lowest BCUT2D eigenvalue weighted by atomic mass is 10.2. The fourth-order valence-electron chi connectivity index (χ4n) is 2.31. The Kier molecular flexibility index (Phi) is 5.00. The Bertz CT molecular complexity index is 931. The van der Waals surface area contributed by atoms with Crippen LogP contribution < -0.4 is 10.1 Å². The quantitative estimate of drug-likeness (QED) is 0.689. The van der Waals surface area contributed by atoms with Crippen molar-refractivity contribution in [3.8, 4) is 5.75 Å². The Labute approximate surface area is 149 Å². The molecule has 0 saturated heterocycles. The van der Waals surface area contributed by atoms with Gasteiger partial charge in [-0.1, -0.05) is 23.7 Å². The molecule has 0 aliphatic heterocycles. The zero-order valence-corrected chi connectivity index (χ0v) is 14.5. The summed E-state index contributed by atoms with van der Waals surface area (Å²) in [6.07, 6.45) is 0. The molecular formula is C18H16ClN3O3. The van der Waals surface area contributed by atoms with E-state index >= 15 is 0 Å². The topological polar surface area (TPSA) is 73.3 Å². The highest BCUT2D eigenvalue weighted by Crippen LogP contribution is 2.31. The Hall–Kier alpha value is -2.86. The van der Waals surface area contributed by atoms with Crippen molar-refractivity contribution in [2.45, 2.75) is 6.92 Å². The van der Waals surface area contributed by atoms with Crippen LogP contribution in [0.3, 0.4) is 0 Å². The largest absolute Gasteiger partial charge is 0.497 e. The molecule has 25 heavy (non-hydrogen) atoms. The second-order valence-corrected chi connectivity index (χ2v) is 5.51. The summed E-state index contributed by atoms with van der Waals surface area (Å²) in [5, 5.41) is 4.40. The van der Waals surface area contributed by atoms with E-state index in [-0.39, 0.29) is 12.4 Å². The lowest BCUT2D eigenvalue weighted by Gasteiger charge is -2.12. The number of methoxy groups -OCH3 is 1. The molecule has 1 aromatic heterocycles. The number of rotatable bonds is 5. The van der Waals surface area contributed by atoms with E-state index in [1.807, 2.05) is 18.2 Å². The van der Waals surface area contributed by atoms with Crippen molar-refractivity contribution < 1.29 is 14.3 Å². The van der Waals surface area contributed by atoms with Crippen molar-refractivity contribution in [3.05, 3.63) is 53.3 Å². The monoisotopic (exact) mass is 357 g/mol. The van der Waals surface area contributed by atoms with Crippen LogP contribution in [0.15, 0.2) is 42.5 Å². The molecule has 0 spiro atoms. The molecule has 2 aromatic carbocycles. The summed E-state index contributed by atoms with van der Waals surface area (Å²) < 4.78 is 10.2. The molecular weight excluding hydrogens is 342 g/mol. The molecule has 7 heteroatoms. The molecule has 3 rings (SSSR count). The predicted molar refractivity (Wildman–Crippen MR) is 96.8 cm³/mol. The Morgan fingerprint density at radius 2 is 2.00 bits per heavy atom. The van der Waals surface area contributed by atoms with Crippen LogP contribution in [-0.2, 0) is 4.74 Å². The molecule has 0 aliphatic rings. The number of halogens is 1. The molecule has 0 saturated carbocycles. The van der Waals surface area contributed by atoms with Crippen molar-refractivity contribution >= 4 is 40.0 Å². The summed E-state index contributed by atoms with van der Waals surface area (Å²) in [5.74, 6) is 0.542. The van der Waals surface area contributed by atoms with Gasteiger partial charge in [0, 0.05) is 11.5 Å². The van der Waals surface area contributed by atoms with Gasteiger partial charge in [-0.05, 0) is 31.2 Å². The number of para-hydroxylation sites is 1. The molecule has 0 unspecified atom stereocenters. The molecule has 128 valence electrons. The normalized spacial score (nSPS) is 10.5. The smallest absolute Gasteiger partial charge is 0.376 e. The molecule has 0 amide bonds. The van der Waals surface area contributed by atoms with E-state index in [4.69, 9.17) is 21.1 Å². The van der Waals surface area contributed by atoms with Crippen LogP contribution in [0.25, 0.3) is 10.9 Å². The van der Waals surface area contributed by atoms with Crippen LogP contribution in [0.5, 0.6) is 5.75 Å². The third-order valence-corrected chi connectivity index (χ3v) is 3.80. The van der Waals surface area contributed by atoms with Gasteiger partial charge in [0.15, 0.2) is 0 Å². The van der Waals surface area contributed by atoms with E-state index in [1.165, 1.54) is 0 Å². The minimum atomic E-state index is -0.572. The minimum absolute atomic E-state index is 0.00677. The maximum Gasteiger partial charge on any atom is 0.376 e. The third-order valence-electron chi connectivity index (χ3n) is 3.49. The van der Waals surface area contributed by atoms with Crippen LogP contribution in [0.4, 0.5) is 11.5 Å².